The predicted octanol–water partition coefficient (Wildman–Crippen LogP) is 2.00. The van der Waals surface area contributed by atoms with Gasteiger partial charge < -0.3 is 10.6 Å². The van der Waals surface area contributed by atoms with Gasteiger partial charge in [-0.1, -0.05) is 18.2 Å². The molecule has 0 saturated heterocycles. The molecule has 0 aromatic heterocycles. The third-order valence-electron chi connectivity index (χ3n) is 3.54. The molecule has 1 atom stereocenters. The molecular weight excluding hydrogens is 208 g/mol. The lowest BCUT2D eigenvalue weighted by Gasteiger charge is -2.18. The van der Waals surface area contributed by atoms with E-state index in [9.17, 15) is 0 Å². The molecule has 0 heterocycles. The van der Waals surface area contributed by atoms with E-state index < -0.39 is 0 Å². The Morgan fingerprint density at radius 2 is 2.06 bits per heavy atom. The fraction of sp³-hybridized carbons (Fsp3) is 0.600. The van der Waals surface area contributed by atoms with E-state index in [0.717, 1.165) is 19.5 Å². The monoisotopic (exact) mass is 232 g/mol. The van der Waals surface area contributed by atoms with Gasteiger partial charge in [0.05, 0.1) is 0 Å². The van der Waals surface area contributed by atoms with Crippen LogP contribution in [0.1, 0.15) is 30.0 Å². The molecular formula is C15H24N2. The minimum Gasteiger partial charge on any atom is -0.327 e. The van der Waals surface area contributed by atoms with E-state index in [1.807, 2.05) is 0 Å². The van der Waals surface area contributed by atoms with Crippen molar-refractivity contribution in [2.24, 2.45) is 5.73 Å². The number of nitrogens with zero attached hydrogens (tertiary/aromatic N) is 1. The van der Waals surface area contributed by atoms with Crippen molar-refractivity contribution in [3.63, 3.8) is 0 Å². The topological polar surface area (TPSA) is 29.3 Å². The smallest absolute Gasteiger partial charge is 0.0139 e. The summed E-state index contributed by atoms with van der Waals surface area (Å²) in [6.45, 7) is 4.14. The predicted molar refractivity (Wildman–Crippen MR) is 73.3 cm³/mol. The summed E-state index contributed by atoms with van der Waals surface area (Å²) in [5.74, 6) is 0. The van der Waals surface area contributed by atoms with E-state index in [4.69, 9.17) is 5.73 Å². The highest BCUT2D eigenvalue weighted by atomic mass is 15.1. The fourth-order valence-electron chi connectivity index (χ4n) is 2.68. The van der Waals surface area contributed by atoms with E-state index in [0.29, 0.717) is 0 Å². The van der Waals surface area contributed by atoms with Crippen LogP contribution in [0.3, 0.4) is 0 Å². The molecule has 1 aromatic carbocycles. The third kappa shape index (κ3) is 3.55. The van der Waals surface area contributed by atoms with Crippen molar-refractivity contribution in [1.29, 1.82) is 0 Å². The Kier molecular flexibility index (Phi) is 4.19. The van der Waals surface area contributed by atoms with Gasteiger partial charge in [-0.05, 0) is 56.3 Å². The van der Waals surface area contributed by atoms with Gasteiger partial charge in [0.2, 0.25) is 0 Å². The van der Waals surface area contributed by atoms with E-state index in [-0.39, 0.29) is 6.04 Å². The van der Waals surface area contributed by atoms with Crippen molar-refractivity contribution in [2.45, 2.75) is 38.6 Å². The van der Waals surface area contributed by atoms with Crippen LogP contribution in [0.2, 0.25) is 0 Å². The van der Waals surface area contributed by atoms with Crippen molar-refractivity contribution in [3.8, 4) is 0 Å². The molecule has 94 valence electrons. The Balaban J connectivity index is 1.87. The fourth-order valence-corrected chi connectivity index (χ4v) is 2.68. The minimum absolute atomic E-state index is 0.264. The molecule has 0 bridgehead atoms. The lowest BCUT2D eigenvalue weighted by atomic mass is 10.0. The minimum atomic E-state index is 0.264. The van der Waals surface area contributed by atoms with E-state index in [1.54, 1.807) is 11.1 Å². The zero-order chi connectivity index (χ0) is 12.3. The van der Waals surface area contributed by atoms with Crippen LogP contribution in [0, 0.1) is 0 Å². The first kappa shape index (κ1) is 12.6. The zero-order valence-electron chi connectivity index (χ0n) is 11.1. The molecule has 2 heteroatoms. The van der Waals surface area contributed by atoms with E-state index >= 15 is 0 Å². The van der Waals surface area contributed by atoms with Gasteiger partial charge in [0, 0.05) is 19.1 Å². The molecule has 2 nitrogen and oxygen atoms in total. The van der Waals surface area contributed by atoms with E-state index in [2.05, 4.69) is 37.1 Å². The summed E-state index contributed by atoms with van der Waals surface area (Å²) in [7, 11) is 2.15. The van der Waals surface area contributed by atoms with Crippen LogP contribution >= 0.6 is 0 Å². The summed E-state index contributed by atoms with van der Waals surface area (Å²) in [4.78, 5) is 2.32. The molecule has 1 aliphatic carbocycles. The van der Waals surface area contributed by atoms with Gasteiger partial charge in [-0.3, -0.25) is 0 Å². The van der Waals surface area contributed by atoms with Crippen molar-refractivity contribution in [1.82, 2.24) is 4.90 Å². The molecule has 1 unspecified atom stereocenters. The number of rotatable bonds is 5. The average Bonchev–Trinajstić information content (AvgIpc) is 2.72. The molecule has 0 radical (unpaired) electrons. The largest absolute Gasteiger partial charge is 0.327 e. The van der Waals surface area contributed by atoms with Crippen molar-refractivity contribution < 1.29 is 0 Å². The summed E-state index contributed by atoms with van der Waals surface area (Å²) in [5.41, 5.74) is 10.4. The molecule has 2 N–H and O–H groups in total. The SMILES string of the molecule is CC(N)CN(C)CCc1ccc2c(c1)CCC2. The second-order valence-corrected chi connectivity index (χ2v) is 5.45. The summed E-state index contributed by atoms with van der Waals surface area (Å²) in [5, 5.41) is 0. The van der Waals surface area contributed by atoms with Gasteiger partial charge in [-0.25, -0.2) is 0 Å². The summed E-state index contributed by atoms with van der Waals surface area (Å²) >= 11 is 0. The Labute approximate surface area is 105 Å². The second-order valence-electron chi connectivity index (χ2n) is 5.45. The zero-order valence-corrected chi connectivity index (χ0v) is 11.1. The molecule has 1 aromatic rings. The number of benzene rings is 1. The molecule has 0 amide bonds. The van der Waals surface area contributed by atoms with Crippen LogP contribution in [0.25, 0.3) is 0 Å². The van der Waals surface area contributed by atoms with Crippen LogP contribution in [-0.2, 0) is 19.3 Å². The van der Waals surface area contributed by atoms with Crippen molar-refractivity contribution >= 4 is 0 Å². The first-order valence-electron chi connectivity index (χ1n) is 6.70. The van der Waals surface area contributed by atoms with Gasteiger partial charge >= 0.3 is 0 Å². The number of aryl methyl sites for hydroxylation is 2. The maximum Gasteiger partial charge on any atom is 0.0139 e. The lowest BCUT2D eigenvalue weighted by Crippen LogP contribution is -2.34. The number of hydrogen-bond donors (Lipinski definition) is 1. The first-order valence-corrected chi connectivity index (χ1v) is 6.70. The second kappa shape index (κ2) is 5.65. The highest BCUT2D eigenvalue weighted by Crippen LogP contribution is 2.22. The van der Waals surface area contributed by atoms with Gasteiger partial charge in [0.25, 0.3) is 0 Å². The maximum atomic E-state index is 5.79. The lowest BCUT2D eigenvalue weighted by molar-refractivity contribution is 0.321. The molecule has 0 saturated carbocycles. The molecule has 2 rings (SSSR count). The highest BCUT2D eigenvalue weighted by molar-refractivity contribution is 5.35. The quantitative estimate of drug-likeness (QED) is 0.841. The number of fused-ring (bicyclic) bond motifs is 1. The van der Waals surface area contributed by atoms with Crippen LogP contribution < -0.4 is 5.73 Å². The maximum absolute atomic E-state index is 5.79. The average molecular weight is 232 g/mol. The molecule has 0 spiro atoms. The third-order valence-corrected chi connectivity index (χ3v) is 3.54. The summed E-state index contributed by atoms with van der Waals surface area (Å²) in [6, 6.07) is 7.29. The first-order chi connectivity index (χ1) is 8.15. The van der Waals surface area contributed by atoms with Gasteiger partial charge in [0.15, 0.2) is 0 Å². The normalized spacial score (nSPS) is 16.2. The number of hydrogen-bond acceptors (Lipinski definition) is 2. The number of nitrogens with two attached hydrogens (primary N) is 1. The van der Waals surface area contributed by atoms with Gasteiger partial charge in [-0.15, -0.1) is 0 Å². The molecule has 1 aliphatic rings. The van der Waals surface area contributed by atoms with E-state index in [1.165, 1.54) is 24.8 Å². The Morgan fingerprint density at radius 3 is 2.82 bits per heavy atom. The summed E-state index contributed by atoms with van der Waals surface area (Å²) in [6.07, 6.45) is 5.03. The Hall–Kier alpha value is -0.860. The van der Waals surface area contributed by atoms with Crippen molar-refractivity contribution in [2.75, 3.05) is 20.1 Å². The molecule has 0 aliphatic heterocycles. The summed E-state index contributed by atoms with van der Waals surface area (Å²) < 4.78 is 0. The van der Waals surface area contributed by atoms with Crippen LogP contribution in [0.15, 0.2) is 18.2 Å². The molecule has 0 fully saturated rings. The standard InChI is InChI=1S/C15H24N2/c1-12(16)11-17(2)9-8-13-6-7-14-4-3-5-15(14)10-13/h6-7,10,12H,3-5,8-9,11,16H2,1-2H3. The Bertz CT molecular complexity index is 371. The van der Waals surface area contributed by atoms with Crippen LogP contribution in [-0.4, -0.2) is 31.1 Å². The van der Waals surface area contributed by atoms with Gasteiger partial charge in [0.1, 0.15) is 0 Å². The van der Waals surface area contributed by atoms with Crippen LogP contribution in [0.5, 0.6) is 0 Å². The van der Waals surface area contributed by atoms with Gasteiger partial charge in [-0.2, -0.15) is 0 Å². The number of likely N-dealkylation sites (N-methyl/N-ethyl adjacent to an activating group) is 1. The molecule has 17 heavy (non-hydrogen) atoms. The van der Waals surface area contributed by atoms with Crippen molar-refractivity contribution in [3.05, 3.63) is 34.9 Å². The Morgan fingerprint density at radius 1 is 1.29 bits per heavy atom. The van der Waals surface area contributed by atoms with Crippen LogP contribution in [0.4, 0.5) is 0 Å². The highest BCUT2D eigenvalue weighted by Gasteiger charge is 2.11.